The standard InChI is InChI=1S/C37H54ClF2N3O5S/c1-7-10-12-26(9-3)25-47-29-14-16-30(17-15-29)49-42-33(37(39,40)27-13-18-31(38)32(24-27)46-23-11-8-2)34(44)43-21-19-28(20-22-43)41-35(45)48-36(4,5)6/h13-18,24,26,28,33,42H,7-12,19-23,25H2,1-6H3,(H,41,45). The molecular weight excluding hydrogens is 672 g/mol. The highest BCUT2D eigenvalue weighted by Crippen LogP contribution is 2.39. The summed E-state index contributed by atoms with van der Waals surface area (Å²) in [7, 11) is 0. The Labute approximate surface area is 300 Å². The summed E-state index contributed by atoms with van der Waals surface area (Å²) < 4.78 is 52.8. The largest absolute Gasteiger partial charge is 0.493 e. The summed E-state index contributed by atoms with van der Waals surface area (Å²) >= 11 is 7.25. The van der Waals surface area contributed by atoms with Crippen LogP contribution in [0.15, 0.2) is 47.4 Å². The summed E-state index contributed by atoms with van der Waals surface area (Å²) in [6.45, 7) is 13.0. The van der Waals surface area contributed by atoms with E-state index in [4.69, 9.17) is 25.8 Å². The molecule has 3 rings (SSSR count). The number of hydrogen-bond donors (Lipinski definition) is 2. The highest BCUT2D eigenvalue weighted by atomic mass is 35.5. The van der Waals surface area contributed by atoms with Gasteiger partial charge >= 0.3 is 6.09 Å². The van der Waals surface area contributed by atoms with Gasteiger partial charge in [-0.3, -0.25) is 4.79 Å². The average Bonchev–Trinajstić information content (AvgIpc) is 3.05. The lowest BCUT2D eigenvalue weighted by molar-refractivity contribution is -0.145. The van der Waals surface area contributed by atoms with E-state index in [1.165, 1.54) is 23.1 Å². The molecule has 2 aromatic carbocycles. The lowest BCUT2D eigenvalue weighted by atomic mass is 9.98. The number of rotatable bonds is 18. The smallest absolute Gasteiger partial charge is 0.407 e. The van der Waals surface area contributed by atoms with Gasteiger partial charge in [0.25, 0.3) is 5.92 Å². The van der Waals surface area contributed by atoms with Crippen LogP contribution < -0.4 is 19.5 Å². The SMILES string of the molecule is CCCCOc1cc(C(F)(F)C(NSc2ccc(OCC(CC)CCCC)cc2)C(=O)N2CCC(NC(=O)OC(C)(C)C)CC2)ccc1Cl. The third-order valence-corrected chi connectivity index (χ3v) is 9.53. The van der Waals surface area contributed by atoms with E-state index in [0.717, 1.165) is 50.5 Å². The van der Waals surface area contributed by atoms with Crippen molar-refractivity contribution in [2.24, 2.45) is 5.92 Å². The molecule has 1 fully saturated rings. The van der Waals surface area contributed by atoms with Crippen LogP contribution >= 0.6 is 23.5 Å². The molecule has 12 heteroatoms. The molecule has 2 atom stereocenters. The molecule has 2 aromatic rings. The van der Waals surface area contributed by atoms with Gasteiger partial charge in [-0.2, -0.15) is 8.78 Å². The van der Waals surface area contributed by atoms with E-state index >= 15 is 8.78 Å². The quantitative estimate of drug-likeness (QED) is 0.117. The zero-order valence-electron chi connectivity index (χ0n) is 29.8. The summed E-state index contributed by atoms with van der Waals surface area (Å²) in [5.41, 5.74) is -1.03. The van der Waals surface area contributed by atoms with E-state index in [2.05, 4.69) is 23.9 Å². The fraction of sp³-hybridized carbons (Fsp3) is 0.622. The van der Waals surface area contributed by atoms with Crippen molar-refractivity contribution in [1.82, 2.24) is 14.9 Å². The molecule has 0 radical (unpaired) electrons. The minimum Gasteiger partial charge on any atom is -0.493 e. The molecular formula is C37H54ClF2N3O5S. The maximum absolute atomic E-state index is 16.5. The van der Waals surface area contributed by atoms with Crippen LogP contribution in [-0.4, -0.2) is 60.9 Å². The Morgan fingerprint density at radius 1 is 1.00 bits per heavy atom. The van der Waals surface area contributed by atoms with E-state index in [0.29, 0.717) is 42.6 Å². The van der Waals surface area contributed by atoms with E-state index < -0.39 is 29.6 Å². The van der Waals surface area contributed by atoms with E-state index in [-0.39, 0.29) is 35.5 Å². The zero-order valence-corrected chi connectivity index (χ0v) is 31.4. The number of piperidine rings is 1. The van der Waals surface area contributed by atoms with Crippen molar-refractivity contribution in [3.05, 3.63) is 53.1 Å². The number of benzene rings is 2. The van der Waals surface area contributed by atoms with Gasteiger partial charge in [0.15, 0.2) is 6.04 Å². The van der Waals surface area contributed by atoms with Crippen molar-refractivity contribution >= 4 is 35.5 Å². The van der Waals surface area contributed by atoms with Crippen LogP contribution in [0, 0.1) is 5.92 Å². The Morgan fingerprint density at radius 2 is 1.67 bits per heavy atom. The van der Waals surface area contributed by atoms with Gasteiger partial charge in [0.05, 0.1) is 18.2 Å². The zero-order chi connectivity index (χ0) is 36.0. The first-order chi connectivity index (χ1) is 23.3. The predicted octanol–water partition coefficient (Wildman–Crippen LogP) is 9.39. The van der Waals surface area contributed by atoms with Gasteiger partial charge in [-0.25, -0.2) is 9.52 Å². The summed E-state index contributed by atoms with van der Waals surface area (Å²) in [6, 6.07) is 8.88. The number of likely N-dealkylation sites (tertiary alicyclic amines) is 1. The molecule has 49 heavy (non-hydrogen) atoms. The van der Waals surface area contributed by atoms with Gasteiger partial charge in [0, 0.05) is 29.6 Å². The number of amides is 2. The molecule has 0 aromatic heterocycles. The van der Waals surface area contributed by atoms with Crippen LogP contribution in [0.1, 0.15) is 98.5 Å². The van der Waals surface area contributed by atoms with Gasteiger partial charge in [0.1, 0.15) is 17.1 Å². The number of nitrogens with zero attached hydrogens (tertiary/aromatic N) is 1. The first kappa shape index (κ1) is 40.7. The maximum Gasteiger partial charge on any atom is 0.407 e. The van der Waals surface area contributed by atoms with Crippen molar-refractivity contribution in [2.75, 3.05) is 26.3 Å². The molecule has 0 spiro atoms. The summed E-state index contributed by atoms with van der Waals surface area (Å²) in [6.07, 6.45) is 6.36. The van der Waals surface area contributed by atoms with Gasteiger partial charge in [-0.15, -0.1) is 0 Å². The minimum atomic E-state index is -3.63. The Balaban J connectivity index is 1.76. The number of alkyl halides is 2. The number of alkyl carbamates (subject to hydrolysis) is 1. The first-order valence-electron chi connectivity index (χ1n) is 17.5. The summed E-state index contributed by atoms with van der Waals surface area (Å²) in [5, 5.41) is 3.05. The van der Waals surface area contributed by atoms with Crippen molar-refractivity contribution in [3.63, 3.8) is 0 Å². The van der Waals surface area contributed by atoms with Crippen LogP contribution in [0.3, 0.4) is 0 Å². The highest BCUT2D eigenvalue weighted by molar-refractivity contribution is 7.97. The third-order valence-electron chi connectivity index (χ3n) is 8.36. The predicted molar refractivity (Wildman–Crippen MR) is 193 cm³/mol. The van der Waals surface area contributed by atoms with E-state index in [1.807, 2.05) is 19.1 Å². The van der Waals surface area contributed by atoms with Crippen LogP contribution in [0.25, 0.3) is 0 Å². The maximum atomic E-state index is 16.5. The van der Waals surface area contributed by atoms with Crippen molar-refractivity contribution in [2.45, 2.75) is 121 Å². The number of unbranched alkanes of at least 4 members (excludes halogenated alkanes) is 2. The number of halogens is 3. The number of carbonyl (C=O) groups is 2. The molecule has 2 unspecified atom stereocenters. The van der Waals surface area contributed by atoms with E-state index in [9.17, 15) is 9.59 Å². The minimum absolute atomic E-state index is 0.149. The second-order valence-corrected chi connectivity index (χ2v) is 14.9. The normalized spacial score (nSPS) is 15.4. The topological polar surface area (TPSA) is 89.1 Å². The lowest BCUT2D eigenvalue weighted by Crippen LogP contribution is -2.56. The van der Waals surface area contributed by atoms with Crippen molar-refractivity contribution in [1.29, 1.82) is 0 Å². The Bertz CT molecular complexity index is 1320. The number of ether oxygens (including phenoxy) is 3. The van der Waals surface area contributed by atoms with Crippen molar-refractivity contribution < 1.29 is 32.6 Å². The fourth-order valence-corrected chi connectivity index (χ4v) is 6.29. The Morgan fingerprint density at radius 3 is 2.29 bits per heavy atom. The van der Waals surface area contributed by atoms with Crippen molar-refractivity contribution in [3.8, 4) is 11.5 Å². The molecule has 274 valence electrons. The molecule has 0 bridgehead atoms. The first-order valence-corrected chi connectivity index (χ1v) is 18.7. The van der Waals surface area contributed by atoms with Gasteiger partial charge in [-0.1, -0.05) is 64.1 Å². The van der Waals surface area contributed by atoms with Crippen LogP contribution in [0.5, 0.6) is 11.5 Å². The number of hydrogen-bond acceptors (Lipinski definition) is 7. The fourth-order valence-electron chi connectivity index (χ4n) is 5.34. The molecule has 2 N–H and O–H groups in total. The molecule has 1 aliphatic heterocycles. The lowest BCUT2D eigenvalue weighted by Gasteiger charge is -2.36. The molecule has 0 saturated carbocycles. The molecule has 2 amide bonds. The Kier molecular flexibility index (Phi) is 16.3. The average molecular weight is 726 g/mol. The summed E-state index contributed by atoms with van der Waals surface area (Å²) in [4.78, 5) is 28.3. The summed E-state index contributed by atoms with van der Waals surface area (Å²) in [5.74, 6) is -3.03. The van der Waals surface area contributed by atoms with Gasteiger partial charge in [-0.05, 0) is 101 Å². The number of carbonyl (C=O) groups excluding carboxylic acids is 2. The molecule has 0 aliphatic carbocycles. The molecule has 1 saturated heterocycles. The third kappa shape index (κ3) is 13.1. The van der Waals surface area contributed by atoms with Crippen LogP contribution in [-0.2, 0) is 15.5 Å². The molecule has 8 nitrogen and oxygen atoms in total. The van der Waals surface area contributed by atoms with Crippen LogP contribution in [0.4, 0.5) is 13.6 Å². The highest BCUT2D eigenvalue weighted by Gasteiger charge is 2.48. The number of nitrogens with one attached hydrogen (secondary N) is 2. The second-order valence-electron chi connectivity index (χ2n) is 13.6. The van der Waals surface area contributed by atoms with Crippen LogP contribution in [0.2, 0.25) is 5.02 Å². The van der Waals surface area contributed by atoms with Gasteiger partial charge < -0.3 is 24.4 Å². The molecule has 1 heterocycles. The molecule has 1 aliphatic rings. The van der Waals surface area contributed by atoms with E-state index in [1.54, 1.807) is 32.9 Å². The Hall–Kier alpha value is -2.76. The second kappa shape index (κ2) is 19.6. The van der Waals surface area contributed by atoms with Gasteiger partial charge in [0.2, 0.25) is 5.91 Å². The monoisotopic (exact) mass is 725 g/mol.